The maximum atomic E-state index is 12.6. The van der Waals surface area contributed by atoms with Gasteiger partial charge < -0.3 is 4.90 Å². The van der Waals surface area contributed by atoms with Crippen molar-refractivity contribution in [1.29, 1.82) is 0 Å². The molecule has 122 valence electrons. The summed E-state index contributed by atoms with van der Waals surface area (Å²) in [6.45, 7) is 6.51. The lowest BCUT2D eigenvalue weighted by molar-refractivity contribution is 0.0722. The molecule has 1 aromatic carbocycles. The van der Waals surface area contributed by atoms with Gasteiger partial charge in [-0.25, -0.2) is 4.98 Å². The summed E-state index contributed by atoms with van der Waals surface area (Å²) in [4.78, 5) is 19.0. The standard InChI is InChI=1S/C19H24N2OS/c1-12(2)14-5-9-16(10-6-14)18-20-17(11-23-18)19(22)21(4)13(3)15-7-8-15/h5-6,9-13,15H,7-8H2,1-4H3/t13-/m0/s1. The van der Waals surface area contributed by atoms with Crippen molar-refractivity contribution in [2.24, 2.45) is 5.92 Å². The number of hydrogen-bond acceptors (Lipinski definition) is 3. The van der Waals surface area contributed by atoms with E-state index in [1.165, 1.54) is 29.7 Å². The summed E-state index contributed by atoms with van der Waals surface area (Å²) in [6, 6.07) is 8.78. The number of rotatable bonds is 5. The lowest BCUT2D eigenvalue weighted by Gasteiger charge is -2.23. The van der Waals surface area contributed by atoms with E-state index in [-0.39, 0.29) is 5.91 Å². The number of aromatic nitrogens is 1. The molecule has 0 unspecified atom stereocenters. The maximum Gasteiger partial charge on any atom is 0.273 e. The van der Waals surface area contributed by atoms with E-state index in [0.29, 0.717) is 23.6 Å². The third-order valence-electron chi connectivity index (χ3n) is 4.78. The van der Waals surface area contributed by atoms with Crippen LogP contribution in [0.5, 0.6) is 0 Å². The van der Waals surface area contributed by atoms with Gasteiger partial charge in [0, 0.05) is 24.0 Å². The molecule has 2 aromatic rings. The molecule has 0 spiro atoms. The molecule has 0 N–H and O–H groups in total. The zero-order chi connectivity index (χ0) is 16.6. The smallest absolute Gasteiger partial charge is 0.273 e. The van der Waals surface area contributed by atoms with Gasteiger partial charge in [-0.2, -0.15) is 0 Å². The van der Waals surface area contributed by atoms with Crippen LogP contribution in [0.25, 0.3) is 10.6 Å². The predicted molar refractivity (Wildman–Crippen MR) is 95.9 cm³/mol. The fraction of sp³-hybridized carbons (Fsp3) is 0.474. The molecule has 1 aliphatic rings. The third-order valence-corrected chi connectivity index (χ3v) is 5.67. The Morgan fingerprint density at radius 1 is 1.22 bits per heavy atom. The Bertz CT molecular complexity index is 686. The lowest BCUT2D eigenvalue weighted by Crippen LogP contribution is -2.36. The van der Waals surface area contributed by atoms with E-state index in [9.17, 15) is 4.79 Å². The summed E-state index contributed by atoms with van der Waals surface area (Å²) >= 11 is 1.54. The van der Waals surface area contributed by atoms with Gasteiger partial charge in [0.2, 0.25) is 0 Å². The van der Waals surface area contributed by atoms with Crippen LogP contribution in [0.1, 0.15) is 55.6 Å². The molecule has 0 bridgehead atoms. The predicted octanol–water partition coefficient (Wildman–Crippen LogP) is 4.80. The van der Waals surface area contributed by atoms with Crippen LogP contribution in [0, 0.1) is 5.92 Å². The van der Waals surface area contributed by atoms with Gasteiger partial charge in [0.15, 0.2) is 0 Å². The summed E-state index contributed by atoms with van der Waals surface area (Å²) in [7, 11) is 1.89. The van der Waals surface area contributed by atoms with Crippen molar-refractivity contribution in [1.82, 2.24) is 9.88 Å². The second-order valence-corrected chi connectivity index (χ2v) is 7.67. The molecule has 1 aromatic heterocycles. The number of amides is 1. The SMILES string of the molecule is CC(C)c1ccc(-c2nc(C(=O)N(C)[C@@H](C)C3CC3)cs2)cc1. The number of carbonyl (C=O) groups excluding carboxylic acids is 1. The minimum atomic E-state index is 0.0331. The van der Waals surface area contributed by atoms with Crippen molar-refractivity contribution in [3.05, 3.63) is 40.9 Å². The molecular weight excluding hydrogens is 304 g/mol. The van der Waals surface area contributed by atoms with Crippen molar-refractivity contribution in [2.75, 3.05) is 7.05 Å². The van der Waals surface area contributed by atoms with Gasteiger partial charge in [-0.1, -0.05) is 38.1 Å². The molecule has 1 atom stereocenters. The van der Waals surface area contributed by atoms with Gasteiger partial charge in [0.05, 0.1) is 0 Å². The lowest BCUT2D eigenvalue weighted by atomic mass is 10.0. The summed E-state index contributed by atoms with van der Waals surface area (Å²) < 4.78 is 0. The first-order valence-electron chi connectivity index (χ1n) is 8.30. The number of carbonyl (C=O) groups is 1. The zero-order valence-corrected chi connectivity index (χ0v) is 15.1. The first kappa shape index (κ1) is 16.2. The zero-order valence-electron chi connectivity index (χ0n) is 14.2. The van der Waals surface area contributed by atoms with Crippen molar-refractivity contribution in [3.63, 3.8) is 0 Å². The largest absolute Gasteiger partial charge is 0.337 e. The number of nitrogens with zero attached hydrogens (tertiary/aromatic N) is 2. The van der Waals surface area contributed by atoms with Crippen LogP contribution >= 0.6 is 11.3 Å². The maximum absolute atomic E-state index is 12.6. The van der Waals surface area contributed by atoms with E-state index in [1.54, 1.807) is 0 Å². The van der Waals surface area contributed by atoms with Gasteiger partial charge in [-0.3, -0.25) is 4.79 Å². The van der Waals surface area contributed by atoms with Gasteiger partial charge in [0.25, 0.3) is 5.91 Å². The number of benzene rings is 1. The van der Waals surface area contributed by atoms with Crippen LogP contribution in [0.2, 0.25) is 0 Å². The molecule has 1 amide bonds. The Labute approximate surface area is 142 Å². The van der Waals surface area contributed by atoms with Crippen LogP contribution in [0.15, 0.2) is 29.6 Å². The van der Waals surface area contributed by atoms with E-state index < -0.39 is 0 Å². The molecule has 1 saturated carbocycles. The van der Waals surface area contributed by atoms with E-state index in [4.69, 9.17) is 0 Å². The highest BCUT2D eigenvalue weighted by molar-refractivity contribution is 7.13. The Morgan fingerprint density at radius 3 is 2.43 bits per heavy atom. The molecule has 3 nitrogen and oxygen atoms in total. The highest BCUT2D eigenvalue weighted by Gasteiger charge is 2.33. The Morgan fingerprint density at radius 2 is 1.87 bits per heavy atom. The first-order valence-corrected chi connectivity index (χ1v) is 9.18. The fourth-order valence-corrected chi connectivity index (χ4v) is 3.58. The first-order chi connectivity index (χ1) is 11.0. The second kappa shape index (κ2) is 6.44. The van der Waals surface area contributed by atoms with Crippen LogP contribution in [0.4, 0.5) is 0 Å². The molecule has 1 heterocycles. The van der Waals surface area contributed by atoms with Gasteiger partial charge in [-0.05, 0) is 37.2 Å². The second-order valence-electron chi connectivity index (χ2n) is 6.81. The summed E-state index contributed by atoms with van der Waals surface area (Å²) in [6.07, 6.45) is 2.48. The van der Waals surface area contributed by atoms with Gasteiger partial charge in [0.1, 0.15) is 10.7 Å². The molecule has 1 aliphatic carbocycles. The van der Waals surface area contributed by atoms with Crippen LogP contribution in [-0.2, 0) is 0 Å². The van der Waals surface area contributed by atoms with Crippen LogP contribution in [-0.4, -0.2) is 28.9 Å². The monoisotopic (exact) mass is 328 g/mol. The molecule has 4 heteroatoms. The van der Waals surface area contributed by atoms with Gasteiger partial charge in [-0.15, -0.1) is 11.3 Å². The quantitative estimate of drug-likeness (QED) is 0.789. The molecule has 0 radical (unpaired) electrons. The van der Waals surface area contributed by atoms with Crippen molar-refractivity contribution < 1.29 is 4.79 Å². The number of thiazole rings is 1. The molecule has 23 heavy (non-hydrogen) atoms. The normalized spacial score (nSPS) is 15.7. The topological polar surface area (TPSA) is 33.2 Å². The number of hydrogen-bond donors (Lipinski definition) is 0. The minimum absolute atomic E-state index is 0.0331. The van der Waals surface area contributed by atoms with E-state index in [0.717, 1.165) is 10.6 Å². The van der Waals surface area contributed by atoms with E-state index in [2.05, 4.69) is 50.0 Å². The molecule has 1 fully saturated rings. The highest BCUT2D eigenvalue weighted by atomic mass is 32.1. The molecule has 0 aliphatic heterocycles. The average molecular weight is 328 g/mol. The summed E-state index contributed by atoms with van der Waals surface area (Å²) in [5, 5.41) is 2.79. The van der Waals surface area contributed by atoms with Crippen molar-refractivity contribution >= 4 is 17.2 Å². The van der Waals surface area contributed by atoms with Crippen LogP contribution < -0.4 is 0 Å². The fourth-order valence-electron chi connectivity index (χ4n) is 2.78. The van der Waals surface area contributed by atoms with Crippen molar-refractivity contribution in [3.8, 4) is 10.6 Å². The van der Waals surface area contributed by atoms with Gasteiger partial charge >= 0.3 is 0 Å². The Kier molecular flexibility index (Phi) is 4.53. The van der Waals surface area contributed by atoms with Crippen LogP contribution in [0.3, 0.4) is 0 Å². The minimum Gasteiger partial charge on any atom is -0.337 e. The molecule has 0 saturated heterocycles. The summed E-state index contributed by atoms with van der Waals surface area (Å²) in [5.74, 6) is 1.23. The van der Waals surface area contributed by atoms with E-state index >= 15 is 0 Å². The highest BCUT2D eigenvalue weighted by Crippen LogP contribution is 2.35. The van der Waals surface area contributed by atoms with Crippen molar-refractivity contribution in [2.45, 2.75) is 45.6 Å². The Hall–Kier alpha value is -1.68. The third kappa shape index (κ3) is 3.47. The average Bonchev–Trinajstić information content (AvgIpc) is 3.29. The summed E-state index contributed by atoms with van der Waals surface area (Å²) in [5.41, 5.74) is 2.96. The molecule has 3 rings (SSSR count). The van der Waals surface area contributed by atoms with E-state index in [1.807, 2.05) is 17.3 Å². The molecular formula is C19H24N2OS. The Balaban J connectivity index is 1.75.